The van der Waals surface area contributed by atoms with Gasteiger partial charge in [-0.05, 0) is 18.6 Å². The summed E-state index contributed by atoms with van der Waals surface area (Å²) in [7, 11) is -3.80. The van der Waals surface area contributed by atoms with Crippen LogP contribution < -0.4 is 10.6 Å². The Morgan fingerprint density at radius 3 is 2.73 bits per heavy atom. The van der Waals surface area contributed by atoms with Gasteiger partial charge in [0.2, 0.25) is 9.84 Å². The number of fused-ring (bicyclic) bond motifs is 1. The van der Waals surface area contributed by atoms with E-state index in [1.807, 2.05) is 0 Å². The molecule has 9 heteroatoms. The molecule has 136 valence electrons. The molecule has 0 spiro atoms. The van der Waals surface area contributed by atoms with Crippen molar-refractivity contribution < 1.29 is 13.2 Å². The molecule has 2 aromatic heterocycles. The van der Waals surface area contributed by atoms with Crippen molar-refractivity contribution in [1.82, 2.24) is 15.0 Å². The van der Waals surface area contributed by atoms with E-state index in [1.165, 1.54) is 6.33 Å². The van der Waals surface area contributed by atoms with Gasteiger partial charge in [-0.3, -0.25) is 0 Å². The van der Waals surface area contributed by atoms with Crippen LogP contribution >= 0.6 is 0 Å². The number of anilines is 2. The summed E-state index contributed by atoms with van der Waals surface area (Å²) in [5.74, 6) is 0.707. The van der Waals surface area contributed by atoms with Gasteiger partial charge >= 0.3 is 0 Å². The molecule has 1 aliphatic rings. The van der Waals surface area contributed by atoms with E-state index < -0.39 is 9.84 Å². The third-order valence-corrected chi connectivity index (χ3v) is 6.23. The number of hydrogen-bond acceptors (Lipinski definition) is 7. The number of aromatic amines is 1. The molecule has 4 rings (SSSR count). The van der Waals surface area contributed by atoms with Gasteiger partial charge in [-0.25, -0.2) is 18.4 Å². The molecule has 0 atom stereocenters. The molecule has 8 nitrogen and oxygen atoms in total. The van der Waals surface area contributed by atoms with Gasteiger partial charge in [0, 0.05) is 19.7 Å². The highest BCUT2D eigenvalue weighted by Crippen LogP contribution is 2.35. The van der Waals surface area contributed by atoms with Crippen molar-refractivity contribution in [2.45, 2.75) is 16.2 Å². The Hall–Kier alpha value is -2.65. The maximum absolute atomic E-state index is 13.1. The van der Waals surface area contributed by atoms with Crippen molar-refractivity contribution in [2.24, 2.45) is 0 Å². The molecule has 3 N–H and O–H groups in total. The zero-order chi connectivity index (χ0) is 18.1. The number of rotatable bonds is 3. The van der Waals surface area contributed by atoms with Crippen LogP contribution in [0.15, 0.2) is 46.5 Å². The predicted molar refractivity (Wildman–Crippen MR) is 97.8 cm³/mol. The fourth-order valence-electron chi connectivity index (χ4n) is 3.17. The molecule has 3 aromatic rings. The molecule has 0 saturated carbocycles. The number of nitrogens with zero attached hydrogens (tertiary/aromatic N) is 3. The number of sulfone groups is 1. The van der Waals surface area contributed by atoms with E-state index >= 15 is 0 Å². The summed E-state index contributed by atoms with van der Waals surface area (Å²) in [6, 6.07) is 8.20. The maximum atomic E-state index is 13.1. The highest BCUT2D eigenvalue weighted by atomic mass is 32.2. The summed E-state index contributed by atoms with van der Waals surface area (Å²) in [6.07, 6.45) is 2.25. The number of ether oxygens (including phenoxy) is 1. The molecule has 1 saturated heterocycles. The lowest BCUT2D eigenvalue weighted by Gasteiger charge is -2.20. The average molecular weight is 373 g/mol. The molecule has 1 aromatic carbocycles. The Morgan fingerprint density at radius 1 is 1.12 bits per heavy atom. The third kappa shape index (κ3) is 2.78. The number of nitrogen functional groups attached to an aromatic ring is 1. The normalized spacial score (nSPS) is 15.9. The van der Waals surface area contributed by atoms with Crippen molar-refractivity contribution in [2.75, 3.05) is 36.9 Å². The van der Waals surface area contributed by atoms with Gasteiger partial charge in [0.15, 0.2) is 5.82 Å². The van der Waals surface area contributed by atoms with Crippen molar-refractivity contribution in [3.05, 3.63) is 36.7 Å². The lowest BCUT2D eigenvalue weighted by atomic mass is 10.3. The summed E-state index contributed by atoms with van der Waals surface area (Å²) >= 11 is 0. The van der Waals surface area contributed by atoms with E-state index in [0.717, 1.165) is 13.0 Å². The molecule has 1 aliphatic heterocycles. The largest absolute Gasteiger partial charge is 0.384 e. The van der Waals surface area contributed by atoms with E-state index in [2.05, 4.69) is 19.9 Å². The van der Waals surface area contributed by atoms with E-state index in [-0.39, 0.29) is 15.6 Å². The highest BCUT2D eigenvalue weighted by molar-refractivity contribution is 7.92. The minimum atomic E-state index is -3.80. The molecule has 0 bridgehead atoms. The van der Waals surface area contributed by atoms with Crippen LogP contribution in [0.1, 0.15) is 6.42 Å². The van der Waals surface area contributed by atoms with E-state index in [1.54, 1.807) is 30.3 Å². The Labute approximate surface area is 150 Å². The van der Waals surface area contributed by atoms with Crippen LogP contribution in [-0.2, 0) is 14.6 Å². The van der Waals surface area contributed by atoms with Gasteiger partial charge in [-0.15, -0.1) is 0 Å². The van der Waals surface area contributed by atoms with E-state index in [4.69, 9.17) is 10.5 Å². The van der Waals surface area contributed by atoms with Crippen LogP contribution in [0, 0.1) is 0 Å². The van der Waals surface area contributed by atoms with Crippen molar-refractivity contribution >= 4 is 32.5 Å². The van der Waals surface area contributed by atoms with Crippen molar-refractivity contribution in [3.63, 3.8) is 0 Å². The first-order valence-electron chi connectivity index (χ1n) is 8.34. The topological polar surface area (TPSA) is 114 Å². The second-order valence-corrected chi connectivity index (χ2v) is 7.94. The first kappa shape index (κ1) is 16.8. The molecule has 0 unspecified atom stereocenters. The van der Waals surface area contributed by atoms with Crippen LogP contribution in [0.4, 0.5) is 11.6 Å². The van der Waals surface area contributed by atoms with Gasteiger partial charge < -0.3 is 20.4 Å². The summed E-state index contributed by atoms with van der Waals surface area (Å²) in [5.41, 5.74) is 6.90. The quantitative estimate of drug-likeness (QED) is 0.716. The minimum Gasteiger partial charge on any atom is -0.384 e. The van der Waals surface area contributed by atoms with Crippen LogP contribution in [0.25, 0.3) is 11.0 Å². The molecule has 0 aliphatic carbocycles. The van der Waals surface area contributed by atoms with Gasteiger partial charge in [-0.1, -0.05) is 18.2 Å². The van der Waals surface area contributed by atoms with Crippen LogP contribution in [-0.4, -0.2) is 49.7 Å². The number of H-pyrrole nitrogens is 1. The van der Waals surface area contributed by atoms with Crippen molar-refractivity contribution in [1.29, 1.82) is 0 Å². The molecule has 0 radical (unpaired) electrons. The molecular weight excluding hydrogens is 354 g/mol. The third-order valence-electron chi connectivity index (χ3n) is 4.39. The lowest BCUT2D eigenvalue weighted by molar-refractivity contribution is 0.152. The highest BCUT2D eigenvalue weighted by Gasteiger charge is 2.28. The van der Waals surface area contributed by atoms with Gasteiger partial charge in [-0.2, -0.15) is 0 Å². The number of nitrogens with two attached hydrogens (primary N) is 1. The number of nitrogens with one attached hydrogen (secondary N) is 1. The summed E-state index contributed by atoms with van der Waals surface area (Å²) in [6.45, 7) is 2.74. The smallest absolute Gasteiger partial charge is 0.212 e. The summed E-state index contributed by atoms with van der Waals surface area (Å²) < 4.78 is 31.6. The second kappa shape index (κ2) is 6.58. The molecule has 1 fully saturated rings. The average Bonchev–Trinajstić information content (AvgIpc) is 2.82. The first-order chi connectivity index (χ1) is 12.6. The molecule has 26 heavy (non-hydrogen) atoms. The van der Waals surface area contributed by atoms with Crippen LogP contribution in [0.2, 0.25) is 0 Å². The van der Waals surface area contributed by atoms with E-state index in [0.29, 0.717) is 36.6 Å². The van der Waals surface area contributed by atoms with Gasteiger partial charge in [0.05, 0.1) is 11.5 Å². The van der Waals surface area contributed by atoms with Gasteiger partial charge in [0.25, 0.3) is 0 Å². The fraction of sp³-hybridized carbons (Fsp3) is 0.294. The summed E-state index contributed by atoms with van der Waals surface area (Å²) in [4.78, 5) is 13.8. The minimum absolute atomic E-state index is 0.00609. The SMILES string of the molecule is Nc1[nH]c2c(N3CCCOCC3)ncnc2c1S(=O)(=O)c1ccccc1. The standard InChI is InChI=1S/C17H19N5O3S/c18-16-15(26(23,24)12-5-2-1-3-6-12)13-14(21-16)17(20-11-19-13)22-7-4-9-25-10-8-22/h1-3,5-6,11,21H,4,7-10,18H2. The fourth-order valence-corrected chi connectivity index (χ4v) is 4.67. The predicted octanol–water partition coefficient (Wildman–Crippen LogP) is 1.60. The Kier molecular flexibility index (Phi) is 4.25. The van der Waals surface area contributed by atoms with E-state index in [9.17, 15) is 8.42 Å². The van der Waals surface area contributed by atoms with Crippen molar-refractivity contribution in [3.8, 4) is 0 Å². The molecule has 3 heterocycles. The number of benzene rings is 1. The van der Waals surface area contributed by atoms with Crippen LogP contribution in [0.3, 0.4) is 0 Å². The second-order valence-electron chi connectivity index (χ2n) is 6.06. The lowest BCUT2D eigenvalue weighted by Crippen LogP contribution is -2.27. The first-order valence-corrected chi connectivity index (χ1v) is 9.82. The van der Waals surface area contributed by atoms with Gasteiger partial charge in [0.1, 0.15) is 28.1 Å². The number of hydrogen-bond donors (Lipinski definition) is 2. The molecule has 0 amide bonds. The molecular formula is C17H19N5O3S. The maximum Gasteiger partial charge on any atom is 0.212 e. The zero-order valence-electron chi connectivity index (χ0n) is 14.1. The Bertz CT molecular complexity index is 1030. The monoisotopic (exact) mass is 373 g/mol. The summed E-state index contributed by atoms with van der Waals surface area (Å²) in [5, 5.41) is 0. The number of aromatic nitrogens is 3. The Morgan fingerprint density at radius 2 is 1.92 bits per heavy atom. The van der Waals surface area contributed by atoms with Crippen LogP contribution in [0.5, 0.6) is 0 Å². The Balaban J connectivity index is 1.88. The zero-order valence-corrected chi connectivity index (χ0v) is 14.9.